The van der Waals surface area contributed by atoms with Gasteiger partial charge in [-0.25, -0.2) is 0 Å². The molecule has 0 fully saturated rings. The zero-order valence-electron chi connectivity index (χ0n) is 19.8. The Bertz CT molecular complexity index is 773. The third kappa shape index (κ3) is 8.44. The quantitative estimate of drug-likeness (QED) is 0.212. The van der Waals surface area contributed by atoms with Gasteiger partial charge in [0.1, 0.15) is 5.82 Å². The van der Waals surface area contributed by atoms with Crippen molar-refractivity contribution in [3.8, 4) is 0 Å². The molecule has 2 aromatic rings. The van der Waals surface area contributed by atoms with Crippen molar-refractivity contribution in [2.24, 2.45) is 10.9 Å². The number of anilines is 1. The van der Waals surface area contributed by atoms with Crippen LogP contribution in [-0.2, 0) is 13.0 Å². The molecule has 31 heavy (non-hydrogen) atoms. The van der Waals surface area contributed by atoms with E-state index >= 15 is 0 Å². The Kier molecular flexibility index (Phi) is 11.3. The molecule has 0 atom stereocenters. The highest BCUT2D eigenvalue weighted by atomic mass is 32.2. The molecule has 1 heterocycles. The van der Waals surface area contributed by atoms with Crippen LogP contribution in [0.2, 0.25) is 0 Å². The van der Waals surface area contributed by atoms with Gasteiger partial charge in [-0.15, -0.1) is 10.2 Å². The van der Waals surface area contributed by atoms with E-state index in [9.17, 15) is 0 Å². The molecule has 8 heteroatoms. The van der Waals surface area contributed by atoms with E-state index in [0.29, 0.717) is 5.92 Å². The number of benzene rings is 1. The van der Waals surface area contributed by atoms with Crippen molar-refractivity contribution in [1.29, 1.82) is 0 Å². The molecule has 0 aliphatic heterocycles. The first-order valence-corrected chi connectivity index (χ1v) is 12.5. The van der Waals surface area contributed by atoms with Crippen LogP contribution in [0.3, 0.4) is 0 Å². The smallest absolute Gasteiger partial charge is 0.190 e. The summed E-state index contributed by atoms with van der Waals surface area (Å²) < 4.78 is 2.26. The summed E-state index contributed by atoms with van der Waals surface area (Å²) in [6, 6.07) is 10.6. The Labute approximate surface area is 192 Å². The van der Waals surface area contributed by atoms with E-state index in [1.807, 2.05) is 7.05 Å². The zero-order chi connectivity index (χ0) is 22.5. The average Bonchev–Trinajstić information content (AvgIpc) is 3.16. The molecule has 7 nitrogen and oxygen atoms in total. The Hall–Kier alpha value is -2.22. The SMILES string of the molecule is CCN(CCCNC(=NC)NCCCc1nnc(SC)n1CC(C)C)c1ccccc1. The van der Waals surface area contributed by atoms with Crippen LogP contribution in [0.4, 0.5) is 5.69 Å². The van der Waals surface area contributed by atoms with Crippen LogP contribution in [0.15, 0.2) is 40.5 Å². The number of thioether (sulfide) groups is 1. The largest absolute Gasteiger partial charge is 0.372 e. The third-order valence-electron chi connectivity index (χ3n) is 5.02. The number of hydrogen-bond acceptors (Lipinski definition) is 5. The average molecular weight is 446 g/mol. The fourth-order valence-electron chi connectivity index (χ4n) is 3.46. The summed E-state index contributed by atoms with van der Waals surface area (Å²) in [5.74, 6) is 2.51. The lowest BCUT2D eigenvalue weighted by atomic mass is 10.2. The van der Waals surface area contributed by atoms with E-state index in [4.69, 9.17) is 0 Å². The molecule has 0 saturated heterocycles. The van der Waals surface area contributed by atoms with E-state index in [1.54, 1.807) is 11.8 Å². The summed E-state index contributed by atoms with van der Waals surface area (Å²) in [5, 5.41) is 16.6. The van der Waals surface area contributed by atoms with Gasteiger partial charge in [-0.05, 0) is 44.1 Å². The van der Waals surface area contributed by atoms with Crippen LogP contribution >= 0.6 is 11.8 Å². The molecule has 0 amide bonds. The molecule has 2 rings (SSSR count). The molecule has 1 aromatic carbocycles. The van der Waals surface area contributed by atoms with E-state index in [1.165, 1.54) is 5.69 Å². The lowest BCUT2D eigenvalue weighted by Crippen LogP contribution is -2.39. The number of rotatable bonds is 13. The first kappa shape index (κ1) is 25.0. The second kappa shape index (κ2) is 14.0. The predicted molar refractivity (Wildman–Crippen MR) is 133 cm³/mol. The lowest BCUT2D eigenvalue weighted by Gasteiger charge is -2.23. The lowest BCUT2D eigenvalue weighted by molar-refractivity contribution is 0.477. The maximum absolute atomic E-state index is 4.40. The van der Waals surface area contributed by atoms with Crippen LogP contribution in [0.25, 0.3) is 0 Å². The van der Waals surface area contributed by atoms with Crippen molar-refractivity contribution in [3.63, 3.8) is 0 Å². The van der Waals surface area contributed by atoms with Crippen molar-refractivity contribution in [3.05, 3.63) is 36.2 Å². The minimum absolute atomic E-state index is 0.576. The zero-order valence-corrected chi connectivity index (χ0v) is 20.6. The summed E-state index contributed by atoms with van der Waals surface area (Å²) in [5.41, 5.74) is 1.28. The number of aromatic nitrogens is 3. The van der Waals surface area contributed by atoms with E-state index in [2.05, 4.69) is 92.6 Å². The van der Waals surface area contributed by atoms with E-state index < -0.39 is 0 Å². The van der Waals surface area contributed by atoms with Crippen molar-refractivity contribution in [2.75, 3.05) is 44.4 Å². The monoisotopic (exact) mass is 445 g/mol. The van der Waals surface area contributed by atoms with Gasteiger partial charge >= 0.3 is 0 Å². The van der Waals surface area contributed by atoms with Gasteiger partial charge in [-0.1, -0.05) is 43.8 Å². The Morgan fingerprint density at radius 3 is 2.45 bits per heavy atom. The Morgan fingerprint density at radius 2 is 1.84 bits per heavy atom. The number of para-hydroxylation sites is 1. The molecule has 2 N–H and O–H groups in total. The standard InChI is InChI=1S/C23H39N7S/c1-6-29(20-12-8-7-9-13-20)17-11-16-26-22(24-4)25-15-10-14-21-27-28-23(31-5)30(21)18-19(2)3/h7-9,12-13,19H,6,10-11,14-18H2,1-5H3,(H2,24,25,26). The maximum Gasteiger partial charge on any atom is 0.190 e. The van der Waals surface area contributed by atoms with Crippen LogP contribution in [0, 0.1) is 5.92 Å². The van der Waals surface area contributed by atoms with Gasteiger partial charge in [-0.3, -0.25) is 4.99 Å². The summed E-state index contributed by atoms with van der Waals surface area (Å²) in [7, 11) is 1.82. The molecule has 0 aliphatic rings. The van der Waals surface area contributed by atoms with Crippen molar-refractivity contribution in [2.45, 2.75) is 51.7 Å². The van der Waals surface area contributed by atoms with Crippen molar-refractivity contribution >= 4 is 23.4 Å². The van der Waals surface area contributed by atoms with Gasteiger partial charge in [0.2, 0.25) is 0 Å². The molecule has 0 radical (unpaired) electrons. The summed E-state index contributed by atoms with van der Waals surface area (Å²) in [4.78, 5) is 6.74. The molecule has 1 aromatic heterocycles. The minimum atomic E-state index is 0.576. The predicted octanol–water partition coefficient (Wildman–Crippen LogP) is 3.67. The number of aryl methyl sites for hydroxylation is 1. The van der Waals surface area contributed by atoms with Crippen LogP contribution in [-0.4, -0.2) is 60.2 Å². The van der Waals surface area contributed by atoms with Gasteiger partial charge in [0.05, 0.1) is 0 Å². The molecule has 172 valence electrons. The van der Waals surface area contributed by atoms with E-state index in [0.717, 1.165) is 68.9 Å². The number of nitrogens with one attached hydrogen (secondary N) is 2. The van der Waals surface area contributed by atoms with Gasteiger partial charge in [0.25, 0.3) is 0 Å². The Morgan fingerprint density at radius 1 is 1.13 bits per heavy atom. The second-order valence-electron chi connectivity index (χ2n) is 7.91. The molecule has 0 aliphatic carbocycles. The van der Waals surface area contributed by atoms with E-state index in [-0.39, 0.29) is 0 Å². The van der Waals surface area contributed by atoms with Crippen LogP contribution in [0.1, 0.15) is 39.4 Å². The van der Waals surface area contributed by atoms with Crippen LogP contribution in [0.5, 0.6) is 0 Å². The third-order valence-corrected chi connectivity index (χ3v) is 5.68. The van der Waals surface area contributed by atoms with Gasteiger partial charge in [0.15, 0.2) is 11.1 Å². The Balaban J connectivity index is 1.69. The van der Waals surface area contributed by atoms with Gasteiger partial charge < -0.3 is 20.1 Å². The summed E-state index contributed by atoms with van der Waals surface area (Å²) in [6.07, 6.45) is 5.01. The topological polar surface area (TPSA) is 70.4 Å². The molecular formula is C23H39N7S. The highest BCUT2D eigenvalue weighted by Gasteiger charge is 2.12. The summed E-state index contributed by atoms with van der Waals surface area (Å²) >= 11 is 1.66. The normalized spacial score (nSPS) is 11.7. The molecule has 0 bridgehead atoms. The number of aliphatic imine (C=N–C) groups is 1. The van der Waals surface area contributed by atoms with Crippen LogP contribution < -0.4 is 15.5 Å². The number of hydrogen-bond donors (Lipinski definition) is 2. The number of guanidine groups is 1. The number of nitrogens with zero attached hydrogens (tertiary/aromatic N) is 5. The van der Waals surface area contributed by atoms with Gasteiger partial charge in [-0.2, -0.15) is 0 Å². The first-order chi connectivity index (χ1) is 15.1. The summed E-state index contributed by atoms with van der Waals surface area (Å²) in [6.45, 7) is 11.4. The first-order valence-electron chi connectivity index (χ1n) is 11.3. The fraction of sp³-hybridized carbons (Fsp3) is 0.609. The van der Waals surface area contributed by atoms with Crippen molar-refractivity contribution < 1.29 is 0 Å². The molecule has 0 saturated carbocycles. The second-order valence-corrected chi connectivity index (χ2v) is 8.68. The highest BCUT2D eigenvalue weighted by molar-refractivity contribution is 7.98. The molecule has 0 spiro atoms. The molecular weight excluding hydrogens is 406 g/mol. The molecule has 0 unspecified atom stereocenters. The highest BCUT2D eigenvalue weighted by Crippen LogP contribution is 2.16. The maximum atomic E-state index is 4.40. The fourth-order valence-corrected chi connectivity index (χ4v) is 3.99. The van der Waals surface area contributed by atoms with Gasteiger partial charge in [0, 0.05) is 51.9 Å². The van der Waals surface area contributed by atoms with Crippen molar-refractivity contribution in [1.82, 2.24) is 25.4 Å². The minimum Gasteiger partial charge on any atom is -0.372 e.